The maximum Gasteiger partial charge on any atom is 0.291 e. The summed E-state index contributed by atoms with van der Waals surface area (Å²) in [7, 11) is -3.77. The lowest BCUT2D eigenvalue weighted by Gasteiger charge is -2.34. The van der Waals surface area contributed by atoms with Gasteiger partial charge in [-0.3, -0.25) is 4.79 Å². The van der Waals surface area contributed by atoms with Gasteiger partial charge < -0.3 is 9.73 Å². The highest BCUT2D eigenvalue weighted by Gasteiger charge is 2.37. The van der Waals surface area contributed by atoms with E-state index in [1.54, 1.807) is 18.2 Å². The van der Waals surface area contributed by atoms with Crippen LogP contribution < -0.4 is 10.0 Å². The number of aryl methyl sites for hydroxylation is 1. The Bertz CT molecular complexity index is 1290. The number of hydrogen-bond acceptors (Lipinski definition) is 6. The first-order valence-corrected chi connectivity index (χ1v) is 11.1. The molecule has 1 aliphatic carbocycles. The summed E-state index contributed by atoms with van der Waals surface area (Å²) < 4.78 is 34.4. The van der Waals surface area contributed by atoms with E-state index in [1.807, 2.05) is 13.0 Å². The van der Waals surface area contributed by atoms with E-state index in [4.69, 9.17) is 4.42 Å². The zero-order valence-electron chi connectivity index (χ0n) is 16.8. The van der Waals surface area contributed by atoms with Crippen LogP contribution in [0.5, 0.6) is 0 Å². The van der Waals surface area contributed by atoms with Gasteiger partial charge in [0.25, 0.3) is 15.9 Å². The van der Waals surface area contributed by atoms with Gasteiger partial charge in [0.1, 0.15) is 16.4 Å². The molecule has 10 heteroatoms. The van der Waals surface area contributed by atoms with Gasteiger partial charge in [-0.2, -0.15) is 9.67 Å². The topological polar surface area (TPSA) is 119 Å². The maximum absolute atomic E-state index is 13.0. The molecular weight excluding hydrogens is 406 g/mol. The van der Waals surface area contributed by atoms with Crippen LogP contribution >= 0.6 is 0 Å². The monoisotopic (exact) mass is 427 g/mol. The van der Waals surface area contributed by atoms with Crippen molar-refractivity contribution in [3.05, 3.63) is 53.2 Å². The van der Waals surface area contributed by atoms with Crippen LogP contribution in [0.3, 0.4) is 0 Å². The standard InChI is InChI=1S/C20H21N5O4S/c1-11-8-12-13(9-20(2,3)10-15(12)29-11)21-18(26)17-22-19-24-30(27,28)16-7-5-4-6-14(16)25(19)23-17/h4-8,13H,9-10H2,1-3H3,(H,21,26)(H,22,23,24). The van der Waals surface area contributed by atoms with E-state index in [0.29, 0.717) is 5.69 Å². The Morgan fingerprint density at radius 1 is 1.33 bits per heavy atom. The predicted octanol–water partition coefficient (Wildman–Crippen LogP) is 2.73. The van der Waals surface area contributed by atoms with Gasteiger partial charge in [-0.05, 0) is 37.0 Å². The Morgan fingerprint density at radius 2 is 2.10 bits per heavy atom. The number of aromatic nitrogens is 3. The van der Waals surface area contributed by atoms with Crippen molar-refractivity contribution in [3.8, 4) is 5.69 Å². The van der Waals surface area contributed by atoms with Crippen LogP contribution in [0.1, 0.15) is 54.0 Å². The number of amides is 1. The van der Waals surface area contributed by atoms with Crippen molar-refractivity contribution >= 4 is 21.9 Å². The molecule has 0 spiro atoms. The van der Waals surface area contributed by atoms with Crippen molar-refractivity contribution in [1.82, 2.24) is 20.1 Å². The van der Waals surface area contributed by atoms with Gasteiger partial charge in [-0.25, -0.2) is 13.1 Å². The molecule has 0 saturated heterocycles. The lowest BCUT2D eigenvalue weighted by Crippen LogP contribution is -2.36. The predicted molar refractivity (Wildman–Crippen MR) is 108 cm³/mol. The highest BCUT2D eigenvalue weighted by molar-refractivity contribution is 7.92. The minimum absolute atomic E-state index is 0.0114. The average Bonchev–Trinajstić information content (AvgIpc) is 3.23. The molecule has 3 heterocycles. The van der Waals surface area contributed by atoms with Gasteiger partial charge in [0.2, 0.25) is 11.8 Å². The highest BCUT2D eigenvalue weighted by Crippen LogP contribution is 2.42. The smallest absolute Gasteiger partial charge is 0.291 e. The number of nitrogens with zero attached hydrogens (tertiary/aromatic N) is 3. The molecule has 2 aliphatic rings. The fourth-order valence-electron chi connectivity index (χ4n) is 4.21. The number of fused-ring (bicyclic) bond motifs is 4. The van der Waals surface area contributed by atoms with Crippen LogP contribution in [-0.2, 0) is 16.4 Å². The van der Waals surface area contributed by atoms with Crippen LogP contribution in [0.2, 0.25) is 0 Å². The minimum Gasteiger partial charge on any atom is -0.466 e. The summed E-state index contributed by atoms with van der Waals surface area (Å²) in [6, 6.07) is 8.15. The van der Waals surface area contributed by atoms with Crippen molar-refractivity contribution in [2.45, 2.75) is 44.6 Å². The number of anilines is 1. The number of hydrogen-bond donors (Lipinski definition) is 2. The van der Waals surface area contributed by atoms with Crippen molar-refractivity contribution in [1.29, 1.82) is 0 Å². The second-order valence-corrected chi connectivity index (χ2v) is 10.2. The fraction of sp³-hybridized carbons (Fsp3) is 0.350. The summed E-state index contributed by atoms with van der Waals surface area (Å²) in [6.45, 7) is 6.15. The largest absolute Gasteiger partial charge is 0.466 e. The van der Waals surface area contributed by atoms with Crippen LogP contribution in [-0.4, -0.2) is 29.1 Å². The Labute approximate surface area is 173 Å². The molecule has 1 unspecified atom stereocenters. The number of benzene rings is 1. The minimum atomic E-state index is -3.77. The highest BCUT2D eigenvalue weighted by atomic mass is 32.2. The van der Waals surface area contributed by atoms with Crippen molar-refractivity contribution in [3.63, 3.8) is 0 Å². The molecular formula is C20H21N5O4S. The first kappa shape index (κ1) is 18.9. The van der Waals surface area contributed by atoms with Gasteiger partial charge in [0.05, 0.1) is 11.7 Å². The maximum atomic E-state index is 13.0. The summed E-state index contributed by atoms with van der Waals surface area (Å²) in [5.41, 5.74) is 1.28. The summed E-state index contributed by atoms with van der Waals surface area (Å²) >= 11 is 0. The Hall–Kier alpha value is -3.14. The normalized spacial score (nSPS) is 20.4. The van der Waals surface area contributed by atoms with Crippen molar-refractivity contribution in [2.24, 2.45) is 5.41 Å². The second kappa shape index (κ2) is 6.18. The quantitative estimate of drug-likeness (QED) is 0.649. The molecule has 5 rings (SSSR count). The second-order valence-electron chi connectivity index (χ2n) is 8.55. The first-order valence-electron chi connectivity index (χ1n) is 9.62. The van der Waals surface area contributed by atoms with Gasteiger partial charge in [-0.15, -0.1) is 5.10 Å². The van der Waals surface area contributed by atoms with Gasteiger partial charge in [0, 0.05) is 12.0 Å². The SMILES string of the molecule is Cc1cc2c(o1)CC(C)(C)CC2NC(=O)c1nc2n(n1)-c1ccccc1S(=O)(=O)N2. The molecule has 2 aromatic heterocycles. The fourth-order valence-corrected chi connectivity index (χ4v) is 5.38. The lowest BCUT2D eigenvalue weighted by atomic mass is 9.74. The van der Waals surface area contributed by atoms with E-state index in [9.17, 15) is 13.2 Å². The number of furan rings is 1. The Morgan fingerprint density at radius 3 is 2.90 bits per heavy atom. The van der Waals surface area contributed by atoms with E-state index in [-0.39, 0.29) is 28.1 Å². The number of rotatable bonds is 2. The molecule has 0 fully saturated rings. The molecule has 0 bridgehead atoms. The Balaban J connectivity index is 1.48. The van der Waals surface area contributed by atoms with E-state index in [1.165, 1.54) is 10.7 Å². The average molecular weight is 427 g/mol. The molecule has 1 atom stereocenters. The van der Waals surface area contributed by atoms with E-state index in [0.717, 1.165) is 29.9 Å². The van der Waals surface area contributed by atoms with Crippen molar-refractivity contribution < 1.29 is 17.6 Å². The van der Waals surface area contributed by atoms with E-state index < -0.39 is 15.9 Å². The first-order chi connectivity index (χ1) is 14.1. The van der Waals surface area contributed by atoms with E-state index in [2.05, 4.69) is 34.0 Å². The number of carbonyl (C=O) groups excluding carboxylic acids is 1. The summed E-state index contributed by atoms with van der Waals surface area (Å²) in [5.74, 6) is 1.10. The van der Waals surface area contributed by atoms with Crippen LogP contribution in [0, 0.1) is 12.3 Å². The number of carbonyl (C=O) groups is 1. The third kappa shape index (κ3) is 2.98. The molecule has 0 radical (unpaired) electrons. The number of sulfonamides is 1. The zero-order chi connectivity index (χ0) is 21.3. The van der Waals surface area contributed by atoms with Crippen LogP contribution in [0.4, 0.5) is 5.95 Å². The van der Waals surface area contributed by atoms with Crippen LogP contribution in [0.15, 0.2) is 39.6 Å². The molecule has 3 aromatic rings. The molecule has 156 valence electrons. The third-order valence-electron chi connectivity index (χ3n) is 5.46. The summed E-state index contributed by atoms with van der Waals surface area (Å²) in [5, 5.41) is 7.26. The molecule has 9 nitrogen and oxygen atoms in total. The third-order valence-corrected chi connectivity index (χ3v) is 6.84. The molecule has 1 aromatic carbocycles. The van der Waals surface area contributed by atoms with Gasteiger partial charge >= 0.3 is 0 Å². The molecule has 1 aliphatic heterocycles. The molecule has 30 heavy (non-hydrogen) atoms. The van der Waals surface area contributed by atoms with Crippen molar-refractivity contribution in [2.75, 3.05) is 4.72 Å². The summed E-state index contributed by atoms with van der Waals surface area (Å²) in [4.78, 5) is 17.2. The molecule has 0 saturated carbocycles. The van der Waals surface area contributed by atoms with Gasteiger partial charge in [0.15, 0.2) is 0 Å². The summed E-state index contributed by atoms with van der Waals surface area (Å²) in [6.07, 6.45) is 1.55. The molecule has 1 amide bonds. The Kier molecular flexibility index (Phi) is 3.88. The number of para-hydroxylation sites is 1. The lowest BCUT2D eigenvalue weighted by molar-refractivity contribution is 0.0907. The number of nitrogens with one attached hydrogen (secondary N) is 2. The van der Waals surface area contributed by atoms with E-state index >= 15 is 0 Å². The van der Waals surface area contributed by atoms with Crippen LogP contribution in [0.25, 0.3) is 5.69 Å². The molecule has 2 N–H and O–H groups in total. The van der Waals surface area contributed by atoms with Gasteiger partial charge in [-0.1, -0.05) is 26.0 Å². The zero-order valence-corrected chi connectivity index (χ0v) is 17.6.